The van der Waals surface area contributed by atoms with Crippen molar-refractivity contribution in [3.8, 4) is 16.9 Å². The second-order valence-corrected chi connectivity index (χ2v) is 4.92. The van der Waals surface area contributed by atoms with E-state index in [9.17, 15) is 4.79 Å². The van der Waals surface area contributed by atoms with Gasteiger partial charge in [0.25, 0.3) is 0 Å². The minimum absolute atomic E-state index is 0.428. The molecule has 6 heteroatoms. The van der Waals surface area contributed by atoms with Crippen LogP contribution in [0.4, 0.5) is 0 Å². The van der Waals surface area contributed by atoms with E-state index in [0.717, 1.165) is 17.5 Å². The Morgan fingerprint density at radius 1 is 1.20 bits per heavy atom. The van der Waals surface area contributed by atoms with Gasteiger partial charge in [-0.3, -0.25) is 4.79 Å². The second-order valence-electron chi connectivity index (χ2n) is 4.11. The third-order valence-corrected chi connectivity index (χ3v) is 3.57. The smallest absolute Gasteiger partial charge is 0.153 e. The summed E-state index contributed by atoms with van der Waals surface area (Å²) in [5, 5.41) is 5.28. The third-order valence-electron chi connectivity index (χ3n) is 2.83. The fraction of sp³-hybridized carbons (Fsp3) is 0. The fourth-order valence-corrected chi connectivity index (χ4v) is 2.15. The zero-order valence-electron chi connectivity index (χ0n) is 10.1. The summed E-state index contributed by atoms with van der Waals surface area (Å²) < 4.78 is 6.59. The van der Waals surface area contributed by atoms with E-state index in [4.69, 9.17) is 27.6 Å². The predicted octanol–water partition coefficient (Wildman–Crippen LogP) is 4.25. The molecule has 2 aromatic heterocycles. The molecule has 0 spiro atoms. The van der Waals surface area contributed by atoms with Crippen LogP contribution >= 0.6 is 23.2 Å². The lowest BCUT2D eigenvalue weighted by Gasteiger charge is -2.02. The molecule has 3 aromatic rings. The van der Waals surface area contributed by atoms with Gasteiger partial charge in [-0.25, -0.2) is 4.68 Å². The van der Waals surface area contributed by atoms with Gasteiger partial charge in [-0.2, -0.15) is 5.10 Å². The molecular formula is C14H8Cl2N2O2. The van der Waals surface area contributed by atoms with Gasteiger partial charge in [0.15, 0.2) is 6.29 Å². The highest BCUT2D eigenvalue weighted by atomic mass is 35.5. The number of furan rings is 1. The highest BCUT2D eigenvalue weighted by Crippen LogP contribution is 2.26. The van der Waals surface area contributed by atoms with Gasteiger partial charge in [0, 0.05) is 11.8 Å². The summed E-state index contributed by atoms with van der Waals surface area (Å²) in [7, 11) is 0. The molecule has 0 atom stereocenters. The Bertz CT molecular complexity index is 764. The molecule has 100 valence electrons. The van der Waals surface area contributed by atoms with Crippen molar-refractivity contribution in [2.45, 2.75) is 0 Å². The number of hydrogen-bond donors (Lipinski definition) is 0. The Hall–Kier alpha value is -2.04. The van der Waals surface area contributed by atoms with Crippen molar-refractivity contribution >= 4 is 29.5 Å². The van der Waals surface area contributed by atoms with Crippen LogP contribution in [0.15, 0.2) is 47.4 Å². The minimum Gasteiger partial charge on any atom is -0.472 e. The first kappa shape index (κ1) is 13.0. The second kappa shape index (κ2) is 5.15. The lowest BCUT2D eigenvalue weighted by molar-refractivity contribution is 0.112. The van der Waals surface area contributed by atoms with Crippen molar-refractivity contribution in [3.05, 3.63) is 58.6 Å². The normalized spacial score (nSPS) is 10.7. The molecule has 0 aliphatic heterocycles. The first-order valence-electron chi connectivity index (χ1n) is 5.72. The first-order chi connectivity index (χ1) is 9.69. The summed E-state index contributed by atoms with van der Waals surface area (Å²) in [4.78, 5) is 11.2. The van der Waals surface area contributed by atoms with Crippen LogP contribution in [0.5, 0.6) is 0 Å². The summed E-state index contributed by atoms with van der Waals surface area (Å²) in [6, 6.07) is 6.88. The van der Waals surface area contributed by atoms with Crippen molar-refractivity contribution < 1.29 is 9.21 Å². The number of rotatable bonds is 3. The van der Waals surface area contributed by atoms with Gasteiger partial charge >= 0.3 is 0 Å². The van der Waals surface area contributed by atoms with E-state index in [2.05, 4.69) is 5.10 Å². The maximum absolute atomic E-state index is 11.2. The Kier molecular flexibility index (Phi) is 3.34. The maximum atomic E-state index is 11.2. The fourth-order valence-electron chi connectivity index (χ4n) is 1.86. The zero-order chi connectivity index (χ0) is 14.1. The van der Waals surface area contributed by atoms with Crippen molar-refractivity contribution in [2.75, 3.05) is 0 Å². The molecule has 0 aliphatic carbocycles. The van der Waals surface area contributed by atoms with Gasteiger partial charge in [-0.15, -0.1) is 0 Å². The molecule has 20 heavy (non-hydrogen) atoms. The topological polar surface area (TPSA) is 48.0 Å². The minimum atomic E-state index is 0.428. The summed E-state index contributed by atoms with van der Waals surface area (Å²) in [5.41, 5.74) is 2.49. The molecule has 0 aliphatic rings. The lowest BCUT2D eigenvalue weighted by Crippen LogP contribution is -1.94. The standard InChI is InChI=1S/C14H8Cl2N2O2/c15-12-2-1-11(5-13(12)16)18-6-10(7-19)14(17-18)9-3-4-20-8-9/h1-8H. The van der Waals surface area contributed by atoms with Crippen LogP contribution in [0.1, 0.15) is 10.4 Å². The monoisotopic (exact) mass is 306 g/mol. The number of hydrogen-bond acceptors (Lipinski definition) is 3. The van der Waals surface area contributed by atoms with Crippen LogP contribution in [0.3, 0.4) is 0 Å². The summed E-state index contributed by atoms with van der Waals surface area (Å²) in [6.45, 7) is 0. The predicted molar refractivity (Wildman–Crippen MR) is 76.7 cm³/mol. The van der Waals surface area contributed by atoms with Crippen molar-refractivity contribution in [2.24, 2.45) is 0 Å². The van der Waals surface area contributed by atoms with E-state index in [-0.39, 0.29) is 0 Å². The summed E-state index contributed by atoms with van der Waals surface area (Å²) in [5.74, 6) is 0. The molecule has 0 bridgehead atoms. The Labute approximate surface area is 124 Å². The zero-order valence-corrected chi connectivity index (χ0v) is 11.6. The van der Waals surface area contributed by atoms with E-state index in [1.807, 2.05) is 0 Å². The lowest BCUT2D eigenvalue weighted by atomic mass is 10.2. The molecule has 3 rings (SSSR count). The van der Waals surface area contributed by atoms with Crippen molar-refractivity contribution in [1.82, 2.24) is 9.78 Å². The Morgan fingerprint density at radius 3 is 2.70 bits per heavy atom. The van der Waals surface area contributed by atoms with E-state index >= 15 is 0 Å². The molecule has 0 fully saturated rings. The molecule has 0 saturated carbocycles. The number of nitrogens with zero attached hydrogens (tertiary/aromatic N) is 2. The summed E-state index contributed by atoms with van der Waals surface area (Å²) >= 11 is 11.9. The van der Waals surface area contributed by atoms with Gasteiger partial charge < -0.3 is 4.42 Å². The van der Waals surface area contributed by atoms with Crippen LogP contribution < -0.4 is 0 Å². The molecule has 0 unspecified atom stereocenters. The van der Waals surface area contributed by atoms with Crippen LogP contribution in [0.25, 0.3) is 16.9 Å². The van der Waals surface area contributed by atoms with E-state index in [1.165, 1.54) is 12.5 Å². The van der Waals surface area contributed by atoms with Crippen molar-refractivity contribution in [3.63, 3.8) is 0 Å². The average Bonchev–Trinajstić information content (AvgIpc) is 3.09. The number of aldehydes is 1. The molecule has 2 heterocycles. The largest absolute Gasteiger partial charge is 0.472 e. The van der Waals surface area contributed by atoms with Crippen LogP contribution in [0.2, 0.25) is 10.0 Å². The SMILES string of the molecule is O=Cc1cn(-c2ccc(Cl)c(Cl)c2)nc1-c1ccoc1. The van der Waals surface area contributed by atoms with Gasteiger partial charge in [0.05, 0.1) is 33.8 Å². The molecule has 0 radical (unpaired) electrons. The quantitative estimate of drug-likeness (QED) is 0.680. The molecule has 0 saturated heterocycles. The number of halogens is 2. The highest BCUT2D eigenvalue weighted by molar-refractivity contribution is 6.42. The van der Waals surface area contributed by atoms with Crippen LogP contribution in [-0.2, 0) is 0 Å². The number of carbonyl (C=O) groups is 1. The maximum Gasteiger partial charge on any atom is 0.153 e. The van der Waals surface area contributed by atoms with E-state index in [1.54, 1.807) is 35.1 Å². The average molecular weight is 307 g/mol. The van der Waals surface area contributed by atoms with E-state index < -0.39 is 0 Å². The van der Waals surface area contributed by atoms with Gasteiger partial charge in [0.2, 0.25) is 0 Å². The van der Waals surface area contributed by atoms with Crippen LogP contribution in [0, 0.1) is 0 Å². The Morgan fingerprint density at radius 2 is 2.05 bits per heavy atom. The molecule has 4 nitrogen and oxygen atoms in total. The highest BCUT2D eigenvalue weighted by Gasteiger charge is 2.13. The number of benzene rings is 1. The number of carbonyl (C=O) groups excluding carboxylic acids is 1. The van der Waals surface area contributed by atoms with Crippen molar-refractivity contribution in [1.29, 1.82) is 0 Å². The Balaban J connectivity index is 2.11. The van der Waals surface area contributed by atoms with Gasteiger partial charge in [0.1, 0.15) is 5.69 Å². The first-order valence-corrected chi connectivity index (χ1v) is 6.47. The van der Waals surface area contributed by atoms with E-state index in [0.29, 0.717) is 21.3 Å². The molecule has 1 aromatic carbocycles. The molecule has 0 amide bonds. The molecular weight excluding hydrogens is 299 g/mol. The van der Waals surface area contributed by atoms with Crippen LogP contribution in [-0.4, -0.2) is 16.1 Å². The number of aromatic nitrogens is 2. The third kappa shape index (κ3) is 2.24. The van der Waals surface area contributed by atoms with Gasteiger partial charge in [-0.1, -0.05) is 23.2 Å². The van der Waals surface area contributed by atoms with Gasteiger partial charge in [-0.05, 0) is 24.3 Å². The summed E-state index contributed by atoms with van der Waals surface area (Å²) in [6.07, 6.45) is 5.45. The molecule has 0 N–H and O–H groups in total.